The van der Waals surface area contributed by atoms with Crippen LogP contribution in [-0.2, 0) is 40.5 Å². The fraction of sp³-hybridized carbons (Fsp3) is 0.316. The molecule has 35 heavy (non-hydrogen) atoms. The molecular formula is C19H14ClF9N2O3S. The highest BCUT2D eigenvalue weighted by molar-refractivity contribution is 7.60. The Kier molecular flexibility index (Phi) is 10.1. The molecule has 0 fully saturated rings. The molecule has 0 saturated carbocycles. The maximum atomic E-state index is 13.2. The summed E-state index contributed by atoms with van der Waals surface area (Å²) in [4.78, 5) is 4.79. The van der Waals surface area contributed by atoms with Crippen molar-refractivity contribution in [2.45, 2.75) is 38.5 Å². The highest BCUT2D eigenvalue weighted by Gasteiger charge is 2.38. The molecule has 5 nitrogen and oxygen atoms in total. The number of nitrogens with zero attached hydrogens (tertiary/aromatic N) is 1. The first-order valence-electron chi connectivity index (χ1n) is 9.01. The Morgan fingerprint density at radius 2 is 1.46 bits per heavy atom. The van der Waals surface area contributed by atoms with Crippen molar-refractivity contribution in [2.24, 2.45) is 5.16 Å². The van der Waals surface area contributed by atoms with E-state index in [-0.39, 0.29) is 23.2 Å². The van der Waals surface area contributed by atoms with Crippen LogP contribution in [0.2, 0.25) is 5.02 Å². The van der Waals surface area contributed by atoms with Gasteiger partial charge in [0.05, 0.1) is 22.4 Å². The molecule has 0 aliphatic carbocycles. The molecule has 0 heterocycles. The fourth-order valence-corrected chi connectivity index (χ4v) is 2.80. The van der Waals surface area contributed by atoms with E-state index >= 15 is 0 Å². The Hall–Kier alpha value is -2.81. The number of halogens is 10. The molecule has 0 saturated heterocycles. The minimum atomic E-state index is -5.12. The van der Waals surface area contributed by atoms with Gasteiger partial charge >= 0.3 is 29.0 Å². The Morgan fingerprint density at radius 1 is 0.914 bits per heavy atom. The van der Waals surface area contributed by atoms with E-state index in [0.717, 1.165) is 18.2 Å². The third-order valence-electron chi connectivity index (χ3n) is 4.07. The van der Waals surface area contributed by atoms with Crippen LogP contribution in [0.1, 0.15) is 41.2 Å². The van der Waals surface area contributed by atoms with E-state index in [1.807, 2.05) is 0 Å². The highest BCUT2D eigenvalue weighted by atomic mass is 35.5. The van der Waals surface area contributed by atoms with E-state index in [4.69, 9.17) is 29.6 Å². The molecule has 16 heteroatoms. The summed E-state index contributed by atoms with van der Waals surface area (Å²) in [6.45, 7) is 0.515. The van der Waals surface area contributed by atoms with E-state index in [1.54, 1.807) is 0 Å². The molecule has 0 aliphatic rings. The van der Waals surface area contributed by atoms with Crippen LogP contribution >= 0.6 is 11.6 Å². The Bertz CT molecular complexity index is 1170. The molecule has 194 valence electrons. The van der Waals surface area contributed by atoms with Crippen LogP contribution in [0.25, 0.3) is 0 Å². The van der Waals surface area contributed by atoms with Crippen LogP contribution in [0.3, 0.4) is 0 Å². The van der Waals surface area contributed by atoms with E-state index in [9.17, 15) is 39.5 Å². The maximum Gasteiger partial charge on any atom is 0.417 e. The smallest absolute Gasteiger partial charge is 0.391 e. The Balaban J connectivity index is 0.00000142. The van der Waals surface area contributed by atoms with Crippen LogP contribution in [0, 0.1) is 4.78 Å². The van der Waals surface area contributed by atoms with Gasteiger partial charge in [0.1, 0.15) is 6.61 Å². The van der Waals surface area contributed by atoms with Gasteiger partial charge in [0.25, 0.3) is 0 Å². The van der Waals surface area contributed by atoms with Crippen molar-refractivity contribution in [1.82, 2.24) is 0 Å². The lowest BCUT2D eigenvalue weighted by Crippen LogP contribution is -2.15. The molecule has 0 amide bonds. The van der Waals surface area contributed by atoms with E-state index in [2.05, 4.69) is 5.16 Å². The number of alkyl halides is 9. The molecular weight excluding hydrogens is 543 g/mol. The van der Waals surface area contributed by atoms with Gasteiger partial charge in [-0.25, -0.2) is 0 Å². The second-order valence-electron chi connectivity index (χ2n) is 6.45. The van der Waals surface area contributed by atoms with Crippen molar-refractivity contribution in [3.05, 3.63) is 69.2 Å². The SMILES string of the molecule is CC/C(=N\OCc1ccc(C(F)(F)F)cc1C(F)(F)F)c1cc(Cl)ccc1C(F)(F)F.N=S(=O)=O. The summed E-state index contributed by atoms with van der Waals surface area (Å²) < 4.78 is 140. The van der Waals surface area contributed by atoms with Crippen LogP contribution in [-0.4, -0.2) is 14.1 Å². The molecule has 2 aromatic rings. The first-order valence-corrected chi connectivity index (χ1v) is 10.5. The topological polar surface area (TPSA) is 79.6 Å². The van der Waals surface area contributed by atoms with Crippen molar-refractivity contribution in [2.75, 3.05) is 0 Å². The van der Waals surface area contributed by atoms with E-state index in [0.29, 0.717) is 12.1 Å². The van der Waals surface area contributed by atoms with Crippen molar-refractivity contribution >= 4 is 27.8 Å². The normalized spacial score (nSPS) is 12.6. The molecule has 2 rings (SSSR count). The largest absolute Gasteiger partial charge is 0.417 e. The average molecular weight is 557 g/mol. The van der Waals surface area contributed by atoms with Crippen molar-refractivity contribution in [3.8, 4) is 0 Å². The zero-order valence-electron chi connectivity index (χ0n) is 17.2. The summed E-state index contributed by atoms with van der Waals surface area (Å²) in [5, 5.41) is 3.45. The molecule has 0 atom stereocenters. The standard InChI is InChI=1S/C19H13ClF9NO.HNO2S/c1-2-16(13-8-12(20)5-6-14(13)18(24,25)26)30-31-9-10-3-4-11(17(21,22)23)7-15(10)19(27,28)29;1-4(2)3/h3-8H,2,9H2,1H3;1H/b30-16+;. The van der Waals surface area contributed by atoms with E-state index < -0.39 is 63.5 Å². The van der Waals surface area contributed by atoms with Gasteiger partial charge in [-0.2, -0.15) is 52.7 Å². The molecule has 1 N–H and O–H groups in total. The predicted molar refractivity (Wildman–Crippen MR) is 106 cm³/mol. The van der Waals surface area contributed by atoms with E-state index in [1.165, 1.54) is 6.92 Å². The Labute approximate surface area is 198 Å². The van der Waals surface area contributed by atoms with Gasteiger partial charge in [-0.05, 0) is 36.8 Å². The molecule has 0 aromatic heterocycles. The van der Waals surface area contributed by atoms with Crippen LogP contribution in [0.4, 0.5) is 39.5 Å². The average Bonchev–Trinajstić information content (AvgIpc) is 2.68. The number of benzene rings is 2. The first kappa shape index (κ1) is 30.2. The van der Waals surface area contributed by atoms with Crippen molar-refractivity contribution in [1.29, 1.82) is 4.78 Å². The van der Waals surface area contributed by atoms with Gasteiger partial charge in [-0.3, -0.25) is 0 Å². The summed E-state index contributed by atoms with van der Waals surface area (Å²) in [6, 6.07) is 3.67. The minimum Gasteiger partial charge on any atom is -0.391 e. The first-order chi connectivity index (χ1) is 15.9. The van der Waals surface area contributed by atoms with Gasteiger partial charge in [-0.15, -0.1) is 0 Å². The lowest BCUT2D eigenvalue weighted by Gasteiger charge is -2.16. The molecule has 2 aromatic carbocycles. The Morgan fingerprint density at radius 3 is 1.91 bits per heavy atom. The lowest BCUT2D eigenvalue weighted by molar-refractivity contribution is -0.144. The zero-order chi connectivity index (χ0) is 27.2. The third-order valence-corrected chi connectivity index (χ3v) is 4.31. The number of oxime groups is 1. The summed E-state index contributed by atoms with van der Waals surface area (Å²) in [5.74, 6) is 0. The maximum absolute atomic E-state index is 13.2. The molecule has 0 aliphatic heterocycles. The lowest BCUT2D eigenvalue weighted by atomic mass is 10.0. The van der Waals surface area contributed by atoms with Gasteiger partial charge in [0.2, 0.25) is 0 Å². The second-order valence-corrected chi connectivity index (χ2v) is 7.36. The molecule has 0 bridgehead atoms. The van der Waals surface area contributed by atoms with Gasteiger partial charge < -0.3 is 4.84 Å². The van der Waals surface area contributed by atoms with Gasteiger partial charge in [0, 0.05) is 16.1 Å². The summed E-state index contributed by atoms with van der Waals surface area (Å²) in [6.07, 6.45) is -15.0. The molecule has 0 spiro atoms. The number of rotatable bonds is 5. The highest BCUT2D eigenvalue weighted by Crippen LogP contribution is 2.38. The predicted octanol–water partition coefficient (Wildman–Crippen LogP) is 7.36. The van der Waals surface area contributed by atoms with Crippen molar-refractivity contribution in [3.63, 3.8) is 0 Å². The van der Waals surface area contributed by atoms with Crippen LogP contribution < -0.4 is 0 Å². The summed E-state index contributed by atoms with van der Waals surface area (Å²) in [5.41, 5.74) is -5.51. The van der Waals surface area contributed by atoms with Crippen molar-refractivity contribution < 1.29 is 52.8 Å². The second kappa shape index (κ2) is 11.7. The third kappa shape index (κ3) is 9.39. The van der Waals surface area contributed by atoms with Gasteiger partial charge in [-0.1, -0.05) is 29.7 Å². The number of hydrogen-bond donors (Lipinski definition) is 1. The fourth-order valence-electron chi connectivity index (χ4n) is 2.63. The quantitative estimate of drug-likeness (QED) is 0.237. The van der Waals surface area contributed by atoms with Crippen LogP contribution in [0.5, 0.6) is 0 Å². The molecule has 0 unspecified atom stereocenters. The van der Waals surface area contributed by atoms with Crippen LogP contribution in [0.15, 0.2) is 41.6 Å². The number of hydrogen-bond acceptors (Lipinski definition) is 5. The number of nitrogens with one attached hydrogen (secondary N) is 1. The zero-order valence-corrected chi connectivity index (χ0v) is 18.8. The molecule has 0 radical (unpaired) electrons. The minimum absolute atomic E-state index is 0.0359. The van der Waals surface area contributed by atoms with Gasteiger partial charge in [0.15, 0.2) is 0 Å². The monoisotopic (exact) mass is 556 g/mol. The summed E-state index contributed by atoms with van der Waals surface area (Å²) >= 11 is 5.74. The summed E-state index contributed by atoms with van der Waals surface area (Å²) in [7, 11) is -2.61.